The molecular weight excluding hydrogens is 244 g/mol. The van der Waals surface area contributed by atoms with Gasteiger partial charge in [0.1, 0.15) is 0 Å². The van der Waals surface area contributed by atoms with Crippen LogP contribution in [0, 0.1) is 5.92 Å². The van der Waals surface area contributed by atoms with E-state index in [1.165, 1.54) is 11.3 Å². The zero-order valence-electron chi connectivity index (χ0n) is 9.87. The first-order chi connectivity index (χ1) is 7.60. The van der Waals surface area contributed by atoms with E-state index < -0.39 is 0 Å². The number of thiophene rings is 1. The molecule has 0 fully saturated rings. The molecule has 0 saturated carbocycles. The summed E-state index contributed by atoms with van der Waals surface area (Å²) in [4.78, 5) is 1.11. The van der Waals surface area contributed by atoms with Crippen LogP contribution in [-0.4, -0.2) is 12.7 Å². The van der Waals surface area contributed by atoms with Crippen LogP contribution in [0.5, 0.6) is 0 Å². The van der Waals surface area contributed by atoms with Crippen molar-refractivity contribution in [3.63, 3.8) is 0 Å². The maximum Gasteiger partial charge on any atom is 0.0931 e. The van der Waals surface area contributed by atoms with Gasteiger partial charge < -0.3 is 4.74 Å². The SMILES string of the molecule is CCOC(C(C)C)C(NN)c1ccc(Cl)s1. The summed E-state index contributed by atoms with van der Waals surface area (Å²) in [5.41, 5.74) is 2.82. The molecule has 0 aliphatic rings. The van der Waals surface area contributed by atoms with E-state index in [4.69, 9.17) is 22.2 Å². The summed E-state index contributed by atoms with van der Waals surface area (Å²) < 4.78 is 6.51. The summed E-state index contributed by atoms with van der Waals surface area (Å²) in [5.74, 6) is 6.01. The van der Waals surface area contributed by atoms with Crippen molar-refractivity contribution < 1.29 is 4.74 Å². The maximum absolute atomic E-state index is 5.93. The zero-order valence-corrected chi connectivity index (χ0v) is 11.4. The topological polar surface area (TPSA) is 47.3 Å². The lowest BCUT2D eigenvalue weighted by Gasteiger charge is -2.28. The predicted octanol–water partition coefficient (Wildman–Crippen LogP) is 2.97. The van der Waals surface area contributed by atoms with Crippen LogP contribution in [0.2, 0.25) is 4.34 Å². The summed E-state index contributed by atoms with van der Waals surface area (Å²) in [7, 11) is 0. The van der Waals surface area contributed by atoms with Gasteiger partial charge in [-0.3, -0.25) is 5.84 Å². The smallest absolute Gasteiger partial charge is 0.0931 e. The molecule has 1 heterocycles. The van der Waals surface area contributed by atoms with Crippen LogP contribution in [0.3, 0.4) is 0 Å². The molecule has 0 saturated heterocycles. The minimum atomic E-state index is -0.00236. The van der Waals surface area contributed by atoms with E-state index >= 15 is 0 Å². The molecule has 0 amide bonds. The van der Waals surface area contributed by atoms with Crippen LogP contribution >= 0.6 is 22.9 Å². The normalized spacial score (nSPS) is 15.4. The third-order valence-electron chi connectivity index (χ3n) is 2.42. The number of nitrogens with one attached hydrogen (secondary N) is 1. The molecule has 0 aliphatic heterocycles. The average Bonchev–Trinajstić information content (AvgIpc) is 2.64. The molecule has 92 valence electrons. The highest BCUT2D eigenvalue weighted by molar-refractivity contribution is 7.16. The molecule has 1 aromatic rings. The van der Waals surface area contributed by atoms with Gasteiger partial charge in [-0.1, -0.05) is 25.4 Å². The second-order valence-electron chi connectivity index (χ2n) is 3.95. The van der Waals surface area contributed by atoms with Crippen molar-refractivity contribution >= 4 is 22.9 Å². The number of rotatable bonds is 6. The molecule has 2 unspecified atom stereocenters. The standard InChI is InChI=1S/C11H19ClN2OS/c1-4-15-11(7(2)3)10(14-13)8-5-6-9(12)16-8/h5-7,10-11,14H,4,13H2,1-3H3. The third kappa shape index (κ3) is 3.43. The Balaban J connectivity index is 2.85. The minimum absolute atomic E-state index is 0.00236. The zero-order chi connectivity index (χ0) is 12.1. The third-order valence-corrected chi connectivity index (χ3v) is 3.74. The van der Waals surface area contributed by atoms with Crippen LogP contribution in [0.25, 0.3) is 0 Å². The molecule has 0 aliphatic carbocycles. The Labute approximate surface area is 106 Å². The van der Waals surface area contributed by atoms with Gasteiger partial charge in [0.25, 0.3) is 0 Å². The fourth-order valence-electron chi connectivity index (χ4n) is 1.70. The minimum Gasteiger partial charge on any atom is -0.376 e. The second kappa shape index (κ2) is 6.57. The van der Waals surface area contributed by atoms with E-state index in [1.807, 2.05) is 19.1 Å². The van der Waals surface area contributed by atoms with Crippen LogP contribution in [0.4, 0.5) is 0 Å². The molecule has 3 nitrogen and oxygen atoms in total. The molecule has 1 aromatic heterocycles. The van der Waals surface area contributed by atoms with Gasteiger partial charge in [0.15, 0.2) is 0 Å². The monoisotopic (exact) mass is 262 g/mol. The first-order valence-corrected chi connectivity index (χ1v) is 6.62. The lowest BCUT2D eigenvalue weighted by molar-refractivity contribution is 0.00362. The number of halogens is 1. The Morgan fingerprint density at radius 1 is 1.50 bits per heavy atom. The van der Waals surface area contributed by atoms with Crippen LogP contribution in [-0.2, 0) is 4.74 Å². The van der Waals surface area contributed by atoms with E-state index in [9.17, 15) is 0 Å². The number of hydrazine groups is 1. The van der Waals surface area contributed by atoms with E-state index in [2.05, 4.69) is 19.3 Å². The van der Waals surface area contributed by atoms with Crippen molar-refractivity contribution in [1.82, 2.24) is 5.43 Å². The van der Waals surface area contributed by atoms with Crippen molar-refractivity contribution in [2.24, 2.45) is 11.8 Å². The molecule has 0 spiro atoms. The Kier molecular flexibility index (Phi) is 5.72. The van der Waals surface area contributed by atoms with Gasteiger partial charge in [0.2, 0.25) is 0 Å². The molecule has 2 atom stereocenters. The Morgan fingerprint density at radius 3 is 2.56 bits per heavy atom. The predicted molar refractivity (Wildman–Crippen MR) is 69.6 cm³/mol. The molecule has 1 rings (SSSR count). The van der Waals surface area contributed by atoms with Gasteiger partial charge in [-0.15, -0.1) is 11.3 Å². The lowest BCUT2D eigenvalue weighted by Crippen LogP contribution is -2.40. The Morgan fingerprint density at radius 2 is 2.19 bits per heavy atom. The van der Waals surface area contributed by atoms with Gasteiger partial charge in [-0.05, 0) is 25.0 Å². The highest BCUT2D eigenvalue weighted by atomic mass is 35.5. The van der Waals surface area contributed by atoms with Crippen LogP contribution in [0.1, 0.15) is 31.7 Å². The molecule has 0 radical (unpaired) electrons. The highest BCUT2D eigenvalue weighted by Gasteiger charge is 2.26. The quantitative estimate of drug-likeness (QED) is 0.612. The fourth-order valence-corrected chi connectivity index (χ4v) is 2.86. The molecule has 3 N–H and O–H groups in total. The Bertz CT molecular complexity index is 317. The summed E-state index contributed by atoms with van der Waals surface area (Å²) >= 11 is 7.47. The molecule has 5 heteroatoms. The Hall–Kier alpha value is -0.130. The van der Waals surface area contributed by atoms with Crippen LogP contribution in [0.15, 0.2) is 12.1 Å². The summed E-state index contributed by atoms with van der Waals surface area (Å²) in [6.45, 7) is 6.92. The second-order valence-corrected chi connectivity index (χ2v) is 5.70. The first-order valence-electron chi connectivity index (χ1n) is 5.43. The van der Waals surface area contributed by atoms with E-state index in [1.54, 1.807) is 0 Å². The van der Waals surface area contributed by atoms with Gasteiger partial charge >= 0.3 is 0 Å². The summed E-state index contributed by atoms with van der Waals surface area (Å²) in [5, 5.41) is 0. The lowest BCUT2D eigenvalue weighted by atomic mass is 9.98. The maximum atomic E-state index is 5.93. The van der Waals surface area contributed by atoms with Gasteiger partial charge in [-0.2, -0.15) is 0 Å². The number of hydrogen-bond donors (Lipinski definition) is 2. The molecular formula is C11H19ClN2OS. The summed E-state index contributed by atoms with van der Waals surface area (Å²) in [6, 6.07) is 3.87. The van der Waals surface area contributed by atoms with Crippen LogP contribution < -0.4 is 11.3 Å². The number of hydrogen-bond acceptors (Lipinski definition) is 4. The van der Waals surface area contributed by atoms with Crippen molar-refractivity contribution in [3.8, 4) is 0 Å². The van der Waals surface area contributed by atoms with Crippen molar-refractivity contribution in [2.75, 3.05) is 6.61 Å². The molecule has 0 bridgehead atoms. The van der Waals surface area contributed by atoms with Crippen molar-refractivity contribution in [3.05, 3.63) is 21.3 Å². The van der Waals surface area contributed by atoms with Gasteiger partial charge in [-0.25, -0.2) is 5.43 Å². The van der Waals surface area contributed by atoms with E-state index in [-0.39, 0.29) is 12.1 Å². The highest BCUT2D eigenvalue weighted by Crippen LogP contribution is 2.31. The molecule has 0 aromatic carbocycles. The average molecular weight is 263 g/mol. The van der Waals surface area contributed by atoms with Gasteiger partial charge in [0.05, 0.1) is 16.5 Å². The van der Waals surface area contributed by atoms with Crippen molar-refractivity contribution in [2.45, 2.75) is 32.9 Å². The number of ether oxygens (including phenoxy) is 1. The van der Waals surface area contributed by atoms with Gasteiger partial charge in [0, 0.05) is 11.5 Å². The largest absolute Gasteiger partial charge is 0.376 e. The summed E-state index contributed by atoms with van der Waals surface area (Å²) in [6.07, 6.45) is 0.0599. The van der Waals surface area contributed by atoms with Crippen molar-refractivity contribution in [1.29, 1.82) is 0 Å². The number of nitrogens with two attached hydrogens (primary N) is 1. The molecule has 16 heavy (non-hydrogen) atoms. The van der Waals surface area contributed by atoms with E-state index in [0.717, 1.165) is 9.21 Å². The first kappa shape index (κ1) is 13.9. The van der Waals surface area contributed by atoms with E-state index in [0.29, 0.717) is 12.5 Å². The fraction of sp³-hybridized carbons (Fsp3) is 0.636.